The average molecular weight is 368 g/mol. The summed E-state index contributed by atoms with van der Waals surface area (Å²) in [6, 6.07) is 4.45. The number of hydrogen-bond acceptors (Lipinski definition) is 7. The molecular weight excluding hydrogens is 348 g/mol. The third-order valence-electron chi connectivity index (χ3n) is 3.84. The molecule has 8 nitrogen and oxygen atoms in total. The number of esters is 1. The first-order chi connectivity index (χ1) is 11.7. The Morgan fingerprint density at radius 3 is 2.60 bits per heavy atom. The van der Waals surface area contributed by atoms with Crippen molar-refractivity contribution in [3.05, 3.63) is 35.0 Å². The number of aliphatic hydroxyl groups excluding tert-OH is 1. The van der Waals surface area contributed by atoms with Gasteiger partial charge in [-0.25, -0.2) is 13.2 Å². The number of aliphatic hydroxyl groups is 1. The molecule has 0 unspecified atom stereocenters. The van der Waals surface area contributed by atoms with Gasteiger partial charge >= 0.3 is 5.97 Å². The van der Waals surface area contributed by atoms with E-state index in [0.717, 1.165) is 6.26 Å². The molecule has 1 aliphatic heterocycles. The summed E-state index contributed by atoms with van der Waals surface area (Å²) in [4.78, 5) is 25.9. The van der Waals surface area contributed by atoms with Crippen molar-refractivity contribution in [3.63, 3.8) is 0 Å². The lowest BCUT2D eigenvalue weighted by Gasteiger charge is -2.15. The Morgan fingerprint density at radius 2 is 2.08 bits per heavy atom. The van der Waals surface area contributed by atoms with Crippen LogP contribution in [0.25, 0.3) is 0 Å². The van der Waals surface area contributed by atoms with Crippen LogP contribution in [0.15, 0.2) is 34.4 Å². The molecule has 0 spiro atoms. The smallest absolute Gasteiger partial charge is 0.337 e. The minimum atomic E-state index is -3.34. The Balaban J connectivity index is 2.38. The van der Waals surface area contributed by atoms with Gasteiger partial charge in [0.05, 0.1) is 30.7 Å². The SMILES string of the molecule is COC(=O)C1=C(Nc2ccc(S(C)(=O)=O)cc2C)C(=O)N(CCO)C1. The number of methoxy groups -OCH3 is 1. The van der Waals surface area contributed by atoms with Gasteiger partial charge in [-0.1, -0.05) is 0 Å². The van der Waals surface area contributed by atoms with Crippen molar-refractivity contribution < 1.29 is 27.9 Å². The van der Waals surface area contributed by atoms with Crippen molar-refractivity contribution in [2.45, 2.75) is 11.8 Å². The Morgan fingerprint density at radius 1 is 1.40 bits per heavy atom. The van der Waals surface area contributed by atoms with Crippen molar-refractivity contribution in [1.82, 2.24) is 4.90 Å². The molecule has 9 heteroatoms. The quantitative estimate of drug-likeness (QED) is 0.683. The molecule has 25 heavy (non-hydrogen) atoms. The Bertz CT molecular complexity index is 844. The summed E-state index contributed by atoms with van der Waals surface area (Å²) in [6.45, 7) is 1.60. The number of ether oxygens (including phenoxy) is 1. The number of benzene rings is 1. The molecule has 0 aliphatic carbocycles. The molecular formula is C16H20N2O6S. The zero-order valence-corrected chi connectivity index (χ0v) is 15.0. The van der Waals surface area contributed by atoms with Crippen molar-refractivity contribution >= 4 is 27.4 Å². The Kier molecular flexibility index (Phi) is 5.48. The summed E-state index contributed by atoms with van der Waals surface area (Å²) in [5.41, 5.74) is 1.33. The van der Waals surface area contributed by atoms with Crippen LogP contribution in [0.3, 0.4) is 0 Å². The molecule has 0 radical (unpaired) electrons. The fraction of sp³-hybridized carbons (Fsp3) is 0.375. The van der Waals surface area contributed by atoms with Gasteiger partial charge < -0.3 is 20.1 Å². The molecule has 1 heterocycles. The second-order valence-corrected chi connectivity index (χ2v) is 7.69. The number of aryl methyl sites for hydroxylation is 1. The number of sulfone groups is 1. The topological polar surface area (TPSA) is 113 Å². The van der Waals surface area contributed by atoms with E-state index >= 15 is 0 Å². The number of nitrogens with one attached hydrogen (secondary N) is 1. The van der Waals surface area contributed by atoms with Crippen LogP contribution in [0, 0.1) is 6.92 Å². The van der Waals surface area contributed by atoms with Crippen molar-refractivity contribution in [2.24, 2.45) is 0 Å². The van der Waals surface area contributed by atoms with Crippen molar-refractivity contribution in [2.75, 3.05) is 38.4 Å². The van der Waals surface area contributed by atoms with Gasteiger partial charge in [0.25, 0.3) is 5.91 Å². The molecule has 2 rings (SSSR count). The predicted octanol–water partition coefficient (Wildman–Crippen LogP) is 0.0720. The largest absolute Gasteiger partial charge is 0.466 e. The summed E-state index contributed by atoms with van der Waals surface area (Å²) < 4.78 is 27.9. The second kappa shape index (κ2) is 7.24. The van der Waals surface area contributed by atoms with Crippen LogP contribution in [0.5, 0.6) is 0 Å². The van der Waals surface area contributed by atoms with Crippen molar-refractivity contribution in [3.8, 4) is 0 Å². The van der Waals surface area contributed by atoms with Gasteiger partial charge in [0.1, 0.15) is 5.70 Å². The van der Waals surface area contributed by atoms with Gasteiger partial charge in [0.2, 0.25) is 0 Å². The lowest BCUT2D eigenvalue weighted by molar-refractivity contribution is -0.136. The first-order valence-electron chi connectivity index (χ1n) is 7.48. The third-order valence-corrected chi connectivity index (χ3v) is 4.95. The summed E-state index contributed by atoms with van der Waals surface area (Å²) in [5, 5.41) is 11.9. The van der Waals surface area contributed by atoms with E-state index in [2.05, 4.69) is 5.32 Å². The van der Waals surface area contributed by atoms with E-state index in [0.29, 0.717) is 11.3 Å². The number of nitrogens with zero attached hydrogens (tertiary/aromatic N) is 1. The Labute approximate surface area is 146 Å². The highest BCUT2D eigenvalue weighted by atomic mass is 32.2. The zero-order valence-electron chi connectivity index (χ0n) is 14.2. The van der Waals surface area contributed by atoms with E-state index in [1.807, 2.05) is 0 Å². The van der Waals surface area contributed by atoms with E-state index in [4.69, 9.17) is 9.84 Å². The van der Waals surface area contributed by atoms with Gasteiger partial charge in [0.15, 0.2) is 9.84 Å². The van der Waals surface area contributed by atoms with Crippen LogP contribution in [0.2, 0.25) is 0 Å². The van der Waals surface area contributed by atoms with Crippen molar-refractivity contribution in [1.29, 1.82) is 0 Å². The highest BCUT2D eigenvalue weighted by Gasteiger charge is 2.34. The monoisotopic (exact) mass is 368 g/mol. The van der Waals surface area contributed by atoms with Crippen LogP contribution in [-0.4, -0.2) is 63.4 Å². The van der Waals surface area contributed by atoms with Crippen LogP contribution >= 0.6 is 0 Å². The van der Waals surface area contributed by atoms with E-state index in [-0.39, 0.29) is 35.9 Å². The van der Waals surface area contributed by atoms with E-state index < -0.39 is 21.7 Å². The molecule has 1 amide bonds. The number of carbonyl (C=O) groups is 2. The molecule has 0 fully saturated rings. The molecule has 136 valence electrons. The van der Waals surface area contributed by atoms with Crippen LogP contribution in [0.4, 0.5) is 5.69 Å². The fourth-order valence-corrected chi connectivity index (χ4v) is 3.20. The minimum Gasteiger partial charge on any atom is -0.466 e. The van der Waals surface area contributed by atoms with Gasteiger partial charge in [-0.05, 0) is 30.7 Å². The molecule has 1 aliphatic rings. The number of amides is 1. The first-order valence-corrected chi connectivity index (χ1v) is 9.37. The Hall–Kier alpha value is -2.39. The molecule has 0 saturated carbocycles. The van der Waals surface area contributed by atoms with Gasteiger partial charge in [0, 0.05) is 18.5 Å². The van der Waals surface area contributed by atoms with E-state index in [1.165, 1.54) is 30.2 Å². The van der Waals surface area contributed by atoms with Gasteiger partial charge in [-0.3, -0.25) is 4.79 Å². The van der Waals surface area contributed by atoms with Gasteiger partial charge in [-0.2, -0.15) is 0 Å². The lowest BCUT2D eigenvalue weighted by atomic mass is 10.1. The number of β-amino-alcohol motifs (C(OH)–C–C–N with tert-alkyl or cyclic N) is 1. The maximum absolute atomic E-state index is 12.5. The fourth-order valence-electron chi connectivity index (χ4n) is 2.49. The maximum Gasteiger partial charge on any atom is 0.337 e. The lowest BCUT2D eigenvalue weighted by Crippen LogP contribution is -2.31. The molecule has 1 aromatic rings. The molecule has 0 bridgehead atoms. The maximum atomic E-state index is 12.5. The summed E-state index contributed by atoms with van der Waals surface area (Å²) in [6.07, 6.45) is 1.11. The minimum absolute atomic E-state index is 0.0366. The highest BCUT2D eigenvalue weighted by Crippen LogP contribution is 2.26. The molecule has 1 aromatic carbocycles. The van der Waals surface area contributed by atoms with Crippen LogP contribution < -0.4 is 5.32 Å². The van der Waals surface area contributed by atoms with Gasteiger partial charge in [-0.15, -0.1) is 0 Å². The summed E-state index contributed by atoms with van der Waals surface area (Å²) in [5.74, 6) is -1.07. The zero-order chi connectivity index (χ0) is 18.8. The van der Waals surface area contributed by atoms with E-state index in [1.54, 1.807) is 6.92 Å². The number of anilines is 1. The summed E-state index contributed by atoms with van der Waals surface area (Å²) >= 11 is 0. The molecule has 2 N–H and O–H groups in total. The molecule has 0 saturated heterocycles. The average Bonchev–Trinajstić information content (AvgIpc) is 2.85. The predicted molar refractivity (Wildman–Crippen MR) is 90.6 cm³/mol. The summed E-state index contributed by atoms with van der Waals surface area (Å²) in [7, 11) is -2.12. The highest BCUT2D eigenvalue weighted by molar-refractivity contribution is 7.90. The van der Waals surface area contributed by atoms with Crippen LogP contribution in [-0.2, 0) is 24.2 Å². The van der Waals surface area contributed by atoms with Crippen LogP contribution in [0.1, 0.15) is 5.56 Å². The molecule has 0 atom stereocenters. The number of rotatable bonds is 6. The molecule has 0 aromatic heterocycles. The number of carbonyl (C=O) groups excluding carboxylic acids is 2. The van der Waals surface area contributed by atoms with E-state index in [9.17, 15) is 18.0 Å². The first kappa shape index (κ1) is 18.9. The normalized spacial score (nSPS) is 14.9. The standard InChI is InChI=1S/C16H20N2O6S/c1-10-8-11(25(3,22)23)4-5-13(10)17-14-12(16(21)24-2)9-18(6-7-19)15(14)20/h4-5,8,17,19H,6-7,9H2,1-3H3. The third kappa shape index (κ3) is 3.99. The second-order valence-electron chi connectivity index (χ2n) is 5.67. The number of hydrogen-bond donors (Lipinski definition) is 2.